The molecule has 5 nitrogen and oxygen atoms in total. The minimum atomic E-state index is -0.00869. The number of para-hydroxylation sites is 1. The van der Waals surface area contributed by atoms with Crippen LogP contribution >= 0.6 is 11.6 Å². The van der Waals surface area contributed by atoms with Crippen LogP contribution in [0.1, 0.15) is 5.56 Å². The van der Waals surface area contributed by atoms with E-state index in [0.29, 0.717) is 24.6 Å². The molecule has 1 fully saturated rings. The first-order chi connectivity index (χ1) is 13.1. The molecule has 1 aliphatic rings. The Morgan fingerprint density at radius 1 is 1.04 bits per heavy atom. The molecule has 1 amide bonds. The lowest BCUT2D eigenvalue weighted by Crippen LogP contribution is -2.48. The molecular formula is C21H23ClN2O3. The van der Waals surface area contributed by atoms with Crippen LogP contribution in [0.25, 0.3) is 6.08 Å². The highest BCUT2D eigenvalue weighted by Gasteiger charge is 2.20. The second-order valence-corrected chi connectivity index (χ2v) is 6.64. The van der Waals surface area contributed by atoms with Gasteiger partial charge in [-0.15, -0.1) is 0 Å². The van der Waals surface area contributed by atoms with Gasteiger partial charge in [0, 0.05) is 48.5 Å². The number of rotatable bonds is 5. The van der Waals surface area contributed by atoms with Crippen molar-refractivity contribution in [3.05, 3.63) is 59.1 Å². The van der Waals surface area contributed by atoms with Gasteiger partial charge in [-0.05, 0) is 30.3 Å². The molecule has 1 saturated heterocycles. The minimum Gasteiger partial charge on any atom is -0.493 e. The fourth-order valence-electron chi connectivity index (χ4n) is 3.17. The summed E-state index contributed by atoms with van der Waals surface area (Å²) in [6.07, 6.45) is 3.36. The number of benzene rings is 2. The SMILES string of the molecule is COc1cccc(/C=C/C(=O)N2CCN(c3cccc(Cl)c3)CC2)c1OC. The zero-order chi connectivity index (χ0) is 19.2. The number of piperazine rings is 1. The number of hydrogen-bond donors (Lipinski definition) is 0. The summed E-state index contributed by atoms with van der Waals surface area (Å²) < 4.78 is 10.7. The molecule has 2 aromatic rings. The Kier molecular flexibility index (Phi) is 6.24. The molecule has 2 aromatic carbocycles. The van der Waals surface area contributed by atoms with Crippen molar-refractivity contribution in [1.82, 2.24) is 4.90 Å². The van der Waals surface area contributed by atoms with Crippen molar-refractivity contribution >= 4 is 29.3 Å². The van der Waals surface area contributed by atoms with Crippen LogP contribution in [-0.4, -0.2) is 51.2 Å². The van der Waals surface area contributed by atoms with Crippen molar-refractivity contribution < 1.29 is 14.3 Å². The number of carbonyl (C=O) groups is 1. The molecule has 0 radical (unpaired) electrons. The molecule has 0 atom stereocenters. The first-order valence-corrected chi connectivity index (χ1v) is 9.18. The van der Waals surface area contributed by atoms with Crippen LogP contribution in [0.4, 0.5) is 5.69 Å². The van der Waals surface area contributed by atoms with Gasteiger partial charge in [0.1, 0.15) is 0 Å². The van der Waals surface area contributed by atoms with E-state index in [1.807, 2.05) is 47.4 Å². The number of hydrogen-bond acceptors (Lipinski definition) is 4. The van der Waals surface area contributed by atoms with E-state index in [-0.39, 0.29) is 5.91 Å². The lowest BCUT2D eigenvalue weighted by Gasteiger charge is -2.35. The van der Waals surface area contributed by atoms with E-state index in [1.165, 1.54) is 0 Å². The topological polar surface area (TPSA) is 42.0 Å². The van der Waals surface area contributed by atoms with Crippen LogP contribution in [0.5, 0.6) is 11.5 Å². The molecule has 0 saturated carbocycles. The number of ether oxygens (including phenoxy) is 2. The Labute approximate surface area is 164 Å². The summed E-state index contributed by atoms with van der Waals surface area (Å²) in [7, 11) is 3.18. The monoisotopic (exact) mass is 386 g/mol. The zero-order valence-electron chi connectivity index (χ0n) is 15.5. The smallest absolute Gasteiger partial charge is 0.246 e. The fourth-order valence-corrected chi connectivity index (χ4v) is 3.35. The third-order valence-corrected chi connectivity index (χ3v) is 4.84. The number of carbonyl (C=O) groups excluding carboxylic acids is 1. The molecule has 0 unspecified atom stereocenters. The van der Waals surface area contributed by atoms with Crippen LogP contribution < -0.4 is 14.4 Å². The van der Waals surface area contributed by atoms with Crippen molar-refractivity contribution in [2.45, 2.75) is 0 Å². The Bertz CT molecular complexity index is 830. The quantitative estimate of drug-likeness (QED) is 0.734. The van der Waals surface area contributed by atoms with E-state index >= 15 is 0 Å². The van der Waals surface area contributed by atoms with E-state index in [0.717, 1.165) is 29.4 Å². The van der Waals surface area contributed by atoms with Crippen molar-refractivity contribution in [3.63, 3.8) is 0 Å². The predicted octanol–water partition coefficient (Wildman–Crippen LogP) is 3.72. The number of nitrogens with zero attached hydrogens (tertiary/aromatic N) is 2. The molecule has 1 heterocycles. The van der Waals surface area contributed by atoms with Crippen LogP contribution in [-0.2, 0) is 4.79 Å². The van der Waals surface area contributed by atoms with Gasteiger partial charge < -0.3 is 19.3 Å². The van der Waals surface area contributed by atoms with Gasteiger partial charge in [0.15, 0.2) is 11.5 Å². The second-order valence-electron chi connectivity index (χ2n) is 6.21. The minimum absolute atomic E-state index is 0.00869. The Morgan fingerprint density at radius 3 is 2.44 bits per heavy atom. The number of amides is 1. The van der Waals surface area contributed by atoms with E-state index in [4.69, 9.17) is 21.1 Å². The summed E-state index contributed by atoms with van der Waals surface area (Å²) in [6.45, 7) is 2.90. The normalized spacial score (nSPS) is 14.5. The largest absolute Gasteiger partial charge is 0.493 e. The van der Waals surface area contributed by atoms with Gasteiger partial charge in [0.25, 0.3) is 0 Å². The molecular weight excluding hydrogens is 364 g/mol. The lowest BCUT2D eigenvalue weighted by atomic mass is 10.1. The average Bonchev–Trinajstić information content (AvgIpc) is 2.71. The number of methoxy groups -OCH3 is 2. The summed E-state index contributed by atoms with van der Waals surface area (Å²) in [5.74, 6) is 1.25. The van der Waals surface area contributed by atoms with Gasteiger partial charge in [0.05, 0.1) is 14.2 Å². The molecule has 0 bridgehead atoms. The average molecular weight is 387 g/mol. The maximum Gasteiger partial charge on any atom is 0.246 e. The molecule has 3 rings (SSSR count). The lowest BCUT2D eigenvalue weighted by molar-refractivity contribution is -0.126. The first-order valence-electron chi connectivity index (χ1n) is 8.81. The Hall–Kier alpha value is -2.66. The fraction of sp³-hybridized carbons (Fsp3) is 0.286. The van der Waals surface area contributed by atoms with E-state index in [1.54, 1.807) is 26.4 Å². The first kappa shape index (κ1) is 19.1. The Balaban J connectivity index is 1.62. The molecule has 1 aliphatic heterocycles. The number of anilines is 1. The van der Waals surface area contributed by atoms with Gasteiger partial charge in [-0.25, -0.2) is 0 Å². The van der Waals surface area contributed by atoms with Crippen LogP contribution in [0.15, 0.2) is 48.5 Å². The highest BCUT2D eigenvalue weighted by Crippen LogP contribution is 2.31. The third-order valence-electron chi connectivity index (χ3n) is 4.60. The van der Waals surface area contributed by atoms with E-state index in [2.05, 4.69) is 4.90 Å². The van der Waals surface area contributed by atoms with E-state index in [9.17, 15) is 4.79 Å². The van der Waals surface area contributed by atoms with Crippen molar-refractivity contribution in [2.75, 3.05) is 45.3 Å². The van der Waals surface area contributed by atoms with Crippen molar-refractivity contribution in [2.24, 2.45) is 0 Å². The summed E-state index contributed by atoms with van der Waals surface area (Å²) in [5.41, 5.74) is 1.90. The summed E-state index contributed by atoms with van der Waals surface area (Å²) in [5, 5.41) is 0.723. The highest BCUT2D eigenvalue weighted by atomic mass is 35.5. The van der Waals surface area contributed by atoms with E-state index < -0.39 is 0 Å². The molecule has 27 heavy (non-hydrogen) atoms. The zero-order valence-corrected chi connectivity index (χ0v) is 16.3. The van der Waals surface area contributed by atoms with Gasteiger partial charge in [-0.3, -0.25) is 4.79 Å². The van der Waals surface area contributed by atoms with Crippen LogP contribution in [0, 0.1) is 0 Å². The highest BCUT2D eigenvalue weighted by molar-refractivity contribution is 6.30. The van der Waals surface area contributed by atoms with Crippen LogP contribution in [0.3, 0.4) is 0 Å². The van der Waals surface area contributed by atoms with Gasteiger partial charge in [-0.1, -0.05) is 29.8 Å². The van der Waals surface area contributed by atoms with Crippen LogP contribution in [0.2, 0.25) is 5.02 Å². The summed E-state index contributed by atoms with van der Waals surface area (Å²) in [6, 6.07) is 13.4. The molecule has 0 N–H and O–H groups in total. The maximum atomic E-state index is 12.6. The second kappa shape index (κ2) is 8.82. The summed E-state index contributed by atoms with van der Waals surface area (Å²) in [4.78, 5) is 16.6. The molecule has 0 aliphatic carbocycles. The number of halogens is 1. The van der Waals surface area contributed by atoms with Crippen molar-refractivity contribution in [1.29, 1.82) is 0 Å². The van der Waals surface area contributed by atoms with Crippen molar-refractivity contribution in [3.8, 4) is 11.5 Å². The van der Waals surface area contributed by atoms with Gasteiger partial charge >= 0.3 is 0 Å². The summed E-state index contributed by atoms with van der Waals surface area (Å²) >= 11 is 6.07. The maximum absolute atomic E-state index is 12.6. The molecule has 6 heteroatoms. The van der Waals surface area contributed by atoms with Gasteiger partial charge in [0.2, 0.25) is 5.91 Å². The standard InChI is InChI=1S/C21H23ClN2O3/c1-26-19-8-3-5-16(21(19)27-2)9-10-20(25)24-13-11-23(12-14-24)18-7-4-6-17(22)15-18/h3-10,15H,11-14H2,1-2H3/b10-9+. The predicted molar refractivity (Wildman–Crippen MR) is 109 cm³/mol. The Morgan fingerprint density at radius 2 is 1.78 bits per heavy atom. The molecule has 0 spiro atoms. The third kappa shape index (κ3) is 4.55. The molecule has 0 aromatic heterocycles. The molecule has 142 valence electrons. The van der Waals surface area contributed by atoms with Gasteiger partial charge in [-0.2, -0.15) is 0 Å².